The van der Waals surface area contributed by atoms with Crippen LogP contribution in [0.2, 0.25) is 5.02 Å². The van der Waals surface area contributed by atoms with Gasteiger partial charge in [0.05, 0.1) is 5.02 Å². The van der Waals surface area contributed by atoms with Crippen molar-refractivity contribution < 1.29 is 28.2 Å². The summed E-state index contributed by atoms with van der Waals surface area (Å²) in [7, 11) is 0. The lowest BCUT2D eigenvalue weighted by atomic mass is 9.76. The van der Waals surface area contributed by atoms with Gasteiger partial charge >= 0.3 is 0 Å². The molecular formula is C26H33ClF2N2O4. The van der Waals surface area contributed by atoms with Gasteiger partial charge in [0, 0.05) is 30.8 Å². The Morgan fingerprint density at radius 3 is 2.37 bits per heavy atom. The van der Waals surface area contributed by atoms with E-state index in [-0.39, 0.29) is 59.6 Å². The van der Waals surface area contributed by atoms with Crippen LogP contribution in [-0.4, -0.2) is 49.0 Å². The lowest BCUT2D eigenvalue weighted by Crippen LogP contribution is -2.52. The van der Waals surface area contributed by atoms with E-state index < -0.39 is 11.9 Å². The molecule has 3 N–H and O–H groups in total. The summed E-state index contributed by atoms with van der Waals surface area (Å²) in [5.74, 6) is -0.0616. The highest BCUT2D eigenvalue weighted by Gasteiger charge is 2.33. The first-order chi connectivity index (χ1) is 16.6. The molecular weight excluding hydrogens is 478 g/mol. The quantitative estimate of drug-likeness (QED) is 0.445. The summed E-state index contributed by atoms with van der Waals surface area (Å²) in [6.45, 7) is 6.09. The number of aryl methyl sites for hydroxylation is 1. The molecule has 0 spiro atoms. The van der Waals surface area contributed by atoms with Crippen molar-refractivity contribution in [2.75, 3.05) is 19.8 Å². The minimum atomic E-state index is -0.744. The van der Waals surface area contributed by atoms with E-state index in [4.69, 9.17) is 21.1 Å². The van der Waals surface area contributed by atoms with Crippen molar-refractivity contribution in [3.05, 3.63) is 58.6 Å². The van der Waals surface area contributed by atoms with E-state index in [9.17, 15) is 18.7 Å². The predicted molar refractivity (Wildman–Crippen MR) is 131 cm³/mol. The van der Waals surface area contributed by atoms with Crippen LogP contribution >= 0.6 is 11.6 Å². The zero-order valence-electron chi connectivity index (χ0n) is 20.2. The van der Waals surface area contributed by atoms with Gasteiger partial charge in [0.2, 0.25) is 0 Å². The molecule has 3 rings (SSSR count). The van der Waals surface area contributed by atoms with Gasteiger partial charge in [-0.3, -0.25) is 4.79 Å². The summed E-state index contributed by atoms with van der Waals surface area (Å²) >= 11 is 5.65. The second-order valence-corrected chi connectivity index (χ2v) is 9.77. The van der Waals surface area contributed by atoms with Crippen LogP contribution in [-0.2, 0) is 4.79 Å². The van der Waals surface area contributed by atoms with Crippen LogP contribution in [0.25, 0.3) is 0 Å². The van der Waals surface area contributed by atoms with Crippen LogP contribution in [0.4, 0.5) is 8.78 Å². The van der Waals surface area contributed by atoms with Gasteiger partial charge in [0.1, 0.15) is 35.8 Å². The molecule has 1 amide bonds. The third-order valence-electron chi connectivity index (χ3n) is 6.34. The first-order valence-electron chi connectivity index (χ1n) is 11.8. The molecule has 1 aliphatic carbocycles. The van der Waals surface area contributed by atoms with E-state index >= 15 is 0 Å². The topological polar surface area (TPSA) is 79.8 Å². The third kappa shape index (κ3) is 8.05. The number of halogens is 3. The third-order valence-corrected chi connectivity index (χ3v) is 6.65. The van der Waals surface area contributed by atoms with E-state index in [1.54, 1.807) is 19.1 Å². The number of hydrogen-bond acceptors (Lipinski definition) is 5. The Balaban J connectivity index is 1.39. The van der Waals surface area contributed by atoms with Crippen molar-refractivity contribution in [2.24, 2.45) is 11.8 Å². The summed E-state index contributed by atoms with van der Waals surface area (Å²) < 4.78 is 38.0. The van der Waals surface area contributed by atoms with Crippen molar-refractivity contribution in [1.29, 1.82) is 0 Å². The molecule has 1 fully saturated rings. The number of aliphatic hydroxyl groups excluding tert-OH is 1. The van der Waals surface area contributed by atoms with E-state index in [1.807, 2.05) is 0 Å². The molecule has 3 unspecified atom stereocenters. The second kappa shape index (κ2) is 12.5. The fourth-order valence-electron chi connectivity index (χ4n) is 4.54. The number of aliphatic hydroxyl groups is 1. The molecule has 0 heterocycles. The number of rotatable bonds is 10. The molecule has 192 valence electrons. The number of amides is 1. The Hall–Kier alpha value is -2.42. The van der Waals surface area contributed by atoms with Crippen LogP contribution in [0.15, 0.2) is 36.4 Å². The Bertz CT molecular complexity index is 997. The molecule has 0 bridgehead atoms. The van der Waals surface area contributed by atoms with E-state index in [0.717, 1.165) is 18.9 Å². The predicted octanol–water partition coefficient (Wildman–Crippen LogP) is 4.25. The molecule has 0 saturated heterocycles. The number of ether oxygens (including phenoxy) is 2. The molecule has 35 heavy (non-hydrogen) atoms. The molecule has 9 heteroatoms. The summed E-state index contributed by atoms with van der Waals surface area (Å²) in [5, 5.41) is 16.7. The second-order valence-electron chi connectivity index (χ2n) is 9.36. The smallest absolute Gasteiger partial charge is 0.258 e. The Kier molecular flexibility index (Phi) is 9.71. The lowest BCUT2D eigenvalue weighted by Gasteiger charge is -2.40. The van der Waals surface area contributed by atoms with E-state index in [0.29, 0.717) is 17.9 Å². The fraction of sp³-hybridized carbons (Fsp3) is 0.500. The summed E-state index contributed by atoms with van der Waals surface area (Å²) in [5.41, 5.74) is 0.541. The van der Waals surface area contributed by atoms with Gasteiger partial charge in [-0.05, 0) is 55.4 Å². The zero-order valence-corrected chi connectivity index (χ0v) is 20.9. The largest absolute Gasteiger partial charge is 0.491 e. The van der Waals surface area contributed by atoms with Crippen LogP contribution in [0.1, 0.15) is 32.3 Å². The molecule has 2 aromatic carbocycles. The average Bonchev–Trinajstić information content (AvgIpc) is 2.80. The SMILES string of the molecule is Cc1ccc(OCC(O)CNC2C(C)CC(NC(=O)COc3ccc(Cl)c(F)c3)CC2C)cc1F. The van der Waals surface area contributed by atoms with Crippen molar-refractivity contribution >= 4 is 17.5 Å². The van der Waals surface area contributed by atoms with Gasteiger partial charge in [0.25, 0.3) is 5.91 Å². The van der Waals surface area contributed by atoms with Crippen molar-refractivity contribution in [3.8, 4) is 11.5 Å². The summed E-state index contributed by atoms with van der Waals surface area (Å²) in [6, 6.07) is 8.84. The number of nitrogens with one attached hydrogen (secondary N) is 2. The highest BCUT2D eigenvalue weighted by molar-refractivity contribution is 6.30. The highest BCUT2D eigenvalue weighted by Crippen LogP contribution is 2.29. The van der Waals surface area contributed by atoms with Crippen LogP contribution in [0, 0.1) is 30.4 Å². The standard InChI is InChI=1S/C26H33ClF2N2O4/c1-15-4-5-20(10-23(15)28)34-13-19(32)12-30-26-16(2)8-18(9-17(26)3)31-25(33)14-35-21-6-7-22(27)24(29)11-21/h4-7,10-11,16-19,26,30,32H,8-9,12-14H2,1-3H3,(H,31,33). The van der Waals surface area contributed by atoms with Gasteiger partial charge in [-0.25, -0.2) is 8.78 Å². The van der Waals surface area contributed by atoms with E-state index in [2.05, 4.69) is 24.5 Å². The van der Waals surface area contributed by atoms with Gasteiger partial charge < -0.3 is 25.2 Å². The lowest BCUT2D eigenvalue weighted by molar-refractivity contribution is -0.124. The molecule has 0 aromatic heterocycles. The maximum atomic E-state index is 13.6. The van der Waals surface area contributed by atoms with Crippen molar-refractivity contribution in [2.45, 2.75) is 51.8 Å². The molecule has 1 saturated carbocycles. The Morgan fingerprint density at radius 2 is 1.71 bits per heavy atom. The normalized spacial score (nSPS) is 22.9. The van der Waals surface area contributed by atoms with Crippen molar-refractivity contribution in [1.82, 2.24) is 10.6 Å². The monoisotopic (exact) mass is 510 g/mol. The minimum absolute atomic E-state index is 0.000736. The molecule has 0 radical (unpaired) electrons. The number of benzene rings is 2. The molecule has 0 aliphatic heterocycles. The average molecular weight is 511 g/mol. The number of hydrogen-bond donors (Lipinski definition) is 3. The fourth-order valence-corrected chi connectivity index (χ4v) is 4.66. The van der Waals surface area contributed by atoms with Gasteiger partial charge in [-0.2, -0.15) is 0 Å². The Morgan fingerprint density at radius 1 is 1.09 bits per heavy atom. The number of carbonyl (C=O) groups excluding carboxylic acids is 1. The van der Waals surface area contributed by atoms with E-state index in [1.165, 1.54) is 18.2 Å². The first-order valence-corrected chi connectivity index (χ1v) is 12.2. The van der Waals surface area contributed by atoms with Crippen LogP contribution in [0.5, 0.6) is 11.5 Å². The first kappa shape index (κ1) is 27.2. The van der Waals surface area contributed by atoms with Gasteiger partial charge in [-0.15, -0.1) is 0 Å². The number of carbonyl (C=O) groups is 1. The molecule has 1 aliphatic rings. The Labute approximate surface area is 210 Å². The molecule has 3 atom stereocenters. The maximum Gasteiger partial charge on any atom is 0.258 e. The van der Waals surface area contributed by atoms with Crippen molar-refractivity contribution in [3.63, 3.8) is 0 Å². The van der Waals surface area contributed by atoms with Crippen LogP contribution < -0.4 is 20.1 Å². The summed E-state index contributed by atoms with van der Waals surface area (Å²) in [6.07, 6.45) is 0.808. The minimum Gasteiger partial charge on any atom is -0.491 e. The van der Waals surface area contributed by atoms with Gasteiger partial charge in [-0.1, -0.05) is 31.5 Å². The zero-order chi connectivity index (χ0) is 25.5. The van der Waals surface area contributed by atoms with Gasteiger partial charge in [0.15, 0.2) is 6.61 Å². The molecule has 2 aromatic rings. The summed E-state index contributed by atoms with van der Waals surface area (Å²) in [4.78, 5) is 12.3. The van der Waals surface area contributed by atoms with Crippen LogP contribution in [0.3, 0.4) is 0 Å². The molecule has 6 nitrogen and oxygen atoms in total. The highest BCUT2D eigenvalue weighted by atomic mass is 35.5. The maximum absolute atomic E-state index is 13.6.